The summed E-state index contributed by atoms with van der Waals surface area (Å²) in [4.78, 5) is 22.9. The second kappa shape index (κ2) is 6.48. The molecule has 0 aliphatic heterocycles. The SMILES string of the molecule is CC(CCC(=O)O)CNC(=O)C1(c2ccc(Cl)cc2)CC1. The van der Waals surface area contributed by atoms with E-state index >= 15 is 0 Å². The van der Waals surface area contributed by atoms with Crippen molar-refractivity contribution in [1.29, 1.82) is 0 Å². The van der Waals surface area contributed by atoms with Gasteiger partial charge in [0, 0.05) is 18.0 Å². The fourth-order valence-corrected chi connectivity index (χ4v) is 2.57. The summed E-state index contributed by atoms with van der Waals surface area (Å²) in [5, 5.41) is 12.3. The van der Waals surface area contributed by atoms with E-state index in [4.69, 9.17) is 16.7 Å². The van der Waals surface area contributed by atoms with Crippen LogP contribution in [0.5, 0.6) is 0 Å². The summed E-state index contributed by atoms with van der Waals surface area (Å²) in [7, 11) is 0. The van der Waals surface area contributed by atoms with Crippen molar-refractivity contribution in [2.75, 3.05) is 6.54 Å². The number of carboxylic acid groups (broad SMARTS) is 1. The number of amides is 1. The first-order valence-electron chi connectivity index (χ1n) is 7.20. The number of halogens is 1. The molecule has 1 aromatic carbocycles. The zero-order valence-corrected chi connectivity index (χ0v) is 12.8. The first-order chi connectivity index (χ1) is 9.94. The van der Waals surface area contributed by atoms with Crippen LogP contribution >= 0.6 is 11.6 Å². The van der Waals surface area contributed by atoms with Crippen LogP contribution in [-0.4, -0.2) is 23.5 Å². The molecule has 0 heterocycles. The minimum absolute atomic E-state index is 0.0343. The number of carbonyl (C=O) groups excluding carboxylic acids is 1. The van der Waals surface area contributed by atoms with Crippen molar-refractivity contribution >= 4 is 23.5 Å². The molecule has 0 radical (unpaired) electrons. The van der Waals surface area contributed by atoms with Gasteiger partial charge < -0.3 is 10.4 Å². The summed E-state index contributed by atoms with van der Waals surface area (Å²) < 4.78 is 0. The molecule has 1 aromatic rings. The lowest BCUT2D eigenvalue weighted by atomic mass is 9.94. The molecular formula is C16H20ClNO3. The second-order valence-electron chi connectivity index (χ2n) is 5.84. The molecule has 1 atom stereocenters. The lowest BCUT2D eigenvalue weighted by Gasteiger charge is -2.18. The highest BCUT2D eigenvalue weighted by Crippen LogP contribution is 2.48. The van der Waals surface area contributed by atoms with Crippen LogP contribution in [0.4, 0.5) is 0 Å². The zero-order valence-electron chi connectivity index (χ0n) is 12.1. The van der Waals surface area contributed by atoms with Crippen molar-refractivity contribution < 1.29 is 14.7 Å². The van der Waals surface area contributed by atoms with E-state index in [9.17, 15) is 9.59 Å². The van der Waals surface area contributed by atoms with E-state index in [2.05, 4.69) is 5.32 Å². The van der Waals surface area contributed by atoms with Crippen molar-refractivity contribution in [3.63, 3.8) is 0 Å². The summed E-state index contributed by atoms with van der Waals surface area (Å²) in [5.41, 5.74) is 0.597. The summed E-state index contributed by atoms with van der Waals surface area (Å²) in [5.74, 6) is -0.605. The standard InChI is InChI=1S/C16H20ClNO3/c1-11(2-7-14(19)20)10-18-15(21)16(8-9-16)12-3-5-13(17)6-4-12/h3-6,11H,2,7-10H2,1H3,(H,18,21)(H,19,20). The molecule has 0 aromatic heterocycles. The predicted molar refractivity (Wildman–Crippen MR) is 81.4 cm³/mol. The van der Waals surface area contributed by atoms with Crippen LogP contribution in [0, 0.1) is 5.92 Å². The van der Waals surface area contributed by atoms with E-state index in [1.165, 1.54) is 0 Å². The maximum absolute atomic E-state index is 12.4. The monoisotopic (exact) mass is 309 g/mol. The van der Waals surface area contributed by atoms with E-state index in [0.29, 0.717) is 18.0 Å². The molecule has 1 unspecified atom stereocenters. The van der Waals surface area contributed by atoms with Gasteiger partial charge in [-0.25, -0.2) is 0 Å². The van der Waals surface area contributed by atoms with E-state index in [1.54, 1.807) is 12.1 Å². The molecular weight excluding hydrogens is 290 g/mol. The molecule has 0 saturated heterocycles. The minimum atomic E-state index is -0.798. The first-order valence-corrected chi connectivity index (χ1v) is 7.58. The van der Waals surface area contributed by atoms with Crippen LogP contribution in [0.15, 0.2) is 24.3 Å². The number of carbonyl (C=O) groups is 2. The number of rotatable bonds is 7. The summed E-state index contributed by atoms with van der Waals surface area (Å²) in [6, 6.07) is 7.42. The summed E-state index contributed by atoms with van der Waals surface area (Å²) in [6.45, 7) is 2.46. The molecule has 114 valence electrons. The fraction of sp³-hybridized carbons (Fsp3) is 0.500. The largest absolute Gasteiger partial charge is 0.481 e. The maximum Gasteiger partial charge on any atom is 0.303 e. The van der Waals surface area contributed by atoms with Crippen LogP contribution in [0.2, 0.25) is 5.02 Å². The van der Waals surface area contributed by atoms with Crippen molar-refractivity contribution in [3.8, 4) is 0 Å². The molecule has 1 aliphatic rings. The highest BCUT2D eigenvalue weighted by Gasteiger charge is 2.51. The second-order valence-corrected chi connectivity index (χ2v) is 6.27. The normalized spacial score (nSPS) is 17.0. The van der Waals surface area contributed by atoms with Gasteiger partial charge in [-0.05, 0) is 42.9 Å². The number of carboxylic acids is 1. The smallest absolute Gasteiger partial charge is 0.303 e. The number of benzene rings is 1. The lowest BCUT2D eigenvalue weighted by Crippen LogP contribution is -2.37. The third kappa shape index (κ3) is 3.97. The average molecular weight is 310 g/mol. The lowest BCUT2D eigenvalue weighted by molar-refractivity contribution is -0.137. The van der Waals surface area contributed by atoms with Gasteiger partial charge in [-0.2, -0.15) is 0 Å². The summed E-state index contributed by atoms with van der Waals surface area (Å²) >= 11 is 5.88. The van der Waals surface area contributed by atoms with Crippen LogP contribution in [0.1, 0.15) is 38.2 Å². The van der Waals surface area contributed by atoms with E-state index < -0.39 is 11.4 Å². The van der Waals surface area contributed by atoms with Crippen LogP contribution in [0.3, 0.4) is 0 Å². The van der Waals surface area contributed by atoms with Gasteiger partial charge in [0.25, 0.3) is 0 Å². The molecule has 4 nitrogen and oxygen atoms in total. The number of aliphatic carboxylic acids is 1. The zero-order chi connectivity index (χ0) is 15.5. The van der Waals surface area contributed by atoms with E-state index in [0.717, 1.165) is 18.4 Å². The van der Waals surface area contributed by atoms with Gasteiger partial charge in [0.1, 0.15) is 0 Å². The van der Waals surface area contributed by atoms with Gasteiger partial charge in [-0.1, -0.05) is 30.7 Å². The molecule has 21 heavy (non-hydrogen) atoms. The van der Waals surface area contributed by atoms with E-state index in [-0.39, 0.29) is 18.2 Å². The quantitative estimate of drug-likeness (QED) is 0.813. The Morgan fingerprint density at radius 3 is 2.48 bits per heavy atom. The Labute approximate surface area is 129 Å². The molecule has 1 aliphatic carbocycles. The maximum atomic E-state index is 12.4. The Hall–Kier alpha value is -1.55. The van der Waals surface area contributed by atoms with Crippen molar-refractivity contribution in [3.05, 3.63) is 34.9 Å². The average Bonchev–Trinajstić information content (AvgIpc) is 3.25. The first kappa shape index (κ1) is 15.8. The van der Waals surface area contributed by atoms with Crippen LogP contribution in [-0.2, 0) is 15.0 Å². The Morgan fingerprint density at radius 1 is 1.33 bits per heavy atom. The predicted octanol–water partition coefficient (Wildman–Crippen LogP) is 2.99. The molecule has 1 fully saturated rings. The van der Waals surface area contributed by atoms with Gasteiger partial charge in [0.05, 0.1) is 5.41 Å². The van der Waals surface area contributed by atoms with E-state index in [1.807, 2.05) is 19.1 Å². The highest BCUT2D eigenvalue weighted by atomic mass is 35.5. The molecule has 2 N–H and O–H groups in total. The van der Waals surface area contributed by atoms with Gasteiger partial charge in [0.15, 0.2) is 0 Å². The Bertz CT molecular complexity index is 523. The van der Waals surface area contributed by atoms with Crippen molar-refractivity contribution in [1.82, 2.24) is 5.32 Å². The summed E-state index contributed by atoms with van der Waals surface area (Å²) in [6.07, 6.45) is 2.41. The molecule has 0 bridgehead atoms. The number of nitrogens with one attached hydrogen (secondary N) is 1. The highest BCUT2D eigenvalue weighted by molar-refractivity contribution is 6.30. The molecule has 0 spiro atoms. The topological polar surface area (TPSA) is 66.4 Å². The van der Waals surface area contributed by atoms with Gasteiger partial charge in [0.2, 0.25) is 5.91 Å². The van der Waals surface area contributed by atoms with Gasteiger partial charge in [-0.15, -0.1) is 0 Å². The fourth-order valence-electron chi connectivity index (χ4n) is 2.45. The minimum Gasteiger partial charge on any atom is -0.481 e. The Balaban J connectivity index is 1.88. The van der Waals surface area contributed by atoms with Crippen molar-refractivity contribution in [2.24, 2.45) is 5.92 Å². The Morgan fingerprint density at radius 2 is 1.95 bits per heavy atom. The molecule has 2 rings (SSSR count). The van der Waals surface area contributed by atoms with Crippen LogP contribution < -0.4 is 5.32 Å². The molecule has 5 heteroatoms. The van der Waals surface area contributed by atoms with Crippen molar-refractivity contribution in [2.45, 2.75) is 38.0 Å². The Kier molecular flexibility index (Phi) is 4.88. The number of hydrogen-bond acceptors (Lipinski definition) is 2. The van der Waals surface area contributed by atoms with Gasteiger partial charge in [-0.3, -0.25) is 9.59 Å². The van der Waals surface area contributed by atoms with Crippen LogP contribution in [0.25, 0.3) is 0 Å². The van der Waals surface area contributed by atoms with Gasteiger partial charge >= 0.3 is 5.97 Å². The molecule has 1 saturated carbocycles. The third-order valence-corrected chi connectivity index (χ3v) is 4.30. The molecule has 1 amide bonds. The third-order valence-electron chi connectivity index (χ3n) is 4.04. The number of hydrogen-bond donors (Lipinski definition) is 2.